The summed E-state index contributed by atoms with van der Waals surface area (Å²) in [5.74, 6) is 2.42. The number of nitrogens with one attached hydrogen (secondary N) is 2. The van der Waals surface area contributed by atoms with E-state index in [0.717, 1.165) is 60.9 Å². The number of allylic oxidation sites excluding steroid dienone is 1. The minimum absolute atomic E-state index is 0.318. The second-order valence-corrected chi connectivity index (χ2v) is 10.9. The number of pyridine rings is 1. The molecule has 1 aliphatic carbocycles. The predicted molar refractivity (Wildman–Crippen MR) is 154 cm³/mol. The zero-order valence-corrected chi connectivity index (χ0v) is 23.1. The Bertz CT molecular complexity index is 1030. The number of nitrogens with zero attached hydrogens (tertiary/aromatic N) is 2. The lowest BCUT2D eigenvalue weighted by atomic mass is 9.98. The fourth-order valence-electron chi connectivity index (χ4n) is 4.28. The summed E-state index contributed by atoms with van der Waals surface area (Å²) in [6, 6.07) is 15.3. The maximum Gasteiger partial charge on any atom is 0.131 e. The summed E-state index contributed by atoms with van der Waals surface area (Å²) >= 11 is 0. The van der Waals surface area contributed by atoms with Crippen LogP contribution in [0.25, 0.3) is 0 Å². The second-order valence-electron chi connectivity index (χ2n) is 10.9. The Labute approximate surface area is 219 Å². The van der Waals surface area contributed by atoms with E-state index in [1.807, 2.05) is 6.20 Å². The molecule has 194 valence electrons. The van der Waals surface area contributed by atoms with Crippen molar-refractivity contribution in [2.24, 2.45) is 16.8 Å². The number of aliphatic imine (C=N–C) groups is 1. The van der Waals surface area contributed by atoms with Gasteiger partial charge in [0.15, 0.2) is 0 Å². The van der Waals surface area contributed by atoms with Gasteiger partial charge in [-0.3, -0.25) is 4.98 Å². The summed E-state index contributed by atoms with van der Waals surface area (Å²) in [7, 11) is 0. The molecular formula is C32H46N4. The van der Waals surface area contributed by atoms with Crippen molar-refractivity contribution in [2.45, 2.75) is 85.6 Å². The zero-order valence-electron chi connectivity index (χ0n) is 23.1. The molecule has 0 atom stereocenters. The van der Waals surface area contributed by atoms with E-state index in [1.54, 1.807) is 0 Å². The first kappa shape index (κ1) is 27.7. The molecule has 1 aromatic heterocycles. The summed E-state index contributed by atoms with van der Waals surface area (Å²) in [6.45, 7) is 16.1. The van der Waals surface area contributed by atoms with Gasteiger partial charge in [-0.2, -0.15) is 0 Å². The van der Waals surface area contributed by atoms with Crippen molar-refractivity contribution in [1.82, 2.24) is 15.6 Å². The number of hydrogen-bond acceptors (Lipinski definition) is 4. The van der Waals surface area contributed by atoms with Gasteiger partial charge >= 0.3 is 0 Å². The molecule has 2 N–H and O–H groups in total. The Hall–Kier alpha value is -2.88. The SMILES string of the molecule is C=C(NC(C)C)/C(C)=C(/N=C(\CCc1ccccc1)c1cccnc1CCC1CC1)NCCC(C)C. The Kier molecular flexibility index (Phi) is 10.8. The van der Waals surface area contributed by atoms with E-state index in [1.165, 1.54) is 36.1 Å². The highest BCUT2D eigenvalue weighted by Gasteiger charge is 2.22. The van der Waals surface area contributed by atoms with Gasteiger partial charge in [-0.25, -0.2) is 4.99 Å². The lowest BCUT2D eigenvalue weighted by Gasteiger charge is -2.19. The smallest absolute Gasteiger partial charge is 0.131 e. The van der Waals surface area contributed by atoms with Gasteiger partial charge in [-0.05, 0) is 82.4 Å². The van der Waals surface area contributed by atoms with Crippen molar-refractivity contribution in [1.29, 1.82) is 0 Å². The molecule has 0 amide bonds. The predicted octanol–water partition coefficient (Wildman–Crippen LogP) is 7.23. The highest BCUT2D eigenvalue weighted by Crippen LogP contribution is 2.33. The Morgan fingerprint density at radius 2 is 1.81 bits per heavy atom. The Morgan fingerprint density at radius 3 is 2.47 bits per heavy atom. The fourth-order valence-corrected chi connectivity index (χ4v) is 4.28. The maximum atomic E-state index is 5.33. The summed E-state index contributed by atoms with van der Waals surface area (Å²) < 4.78 is 0. The van der Waals surface area contributed by atoms with Gasteiger partial charge in [0.05, 0.1) is 5.71 Å². The molecule has 4 nitrogen and oxygen atoms in total. The summed E-state index contributed by atoms with van der Waals surface area (Å²) in [5.41, 5.74) is 6.77. The van der Waals surface area contributed by atoms with Crippen LogP contribution in [0.15, 0.2) is 77.3 Å². The lowest BCUT2D eigenvalue weighted by Crippen LogP contribution is -2.25. The van der Waals surface area contributed by atoms with Crippen molar-refractivity contribution >= 4 is 5.71 Å². The van der Waals surface area contributed by atoms with Gasteiger partial charge in [0.2, 0.25) is 0 Å². The molecule has 0 aliphatic heterocycles. The molecule has 4 heteroatoms. The molecule has 2 aromatic rings. The van der Waals surface area contributed by atoms with Gasteiger partial charge in [-0.15, -0.1) is 0 Å². The molecule has 3 rings (SSSR count). The van der Waals surface area contributed by atoms with Crippen LogP contribution in [0.1, 0.15) is 83.5 Å². The molecule has 36 heavy (non-hydrogen) atoms. The van der Waals surface area contributed by atoms with E-state index in [9.17, 15) is 0 Å². The van der Waals surface area contributed by atoms with E-state index in [4.69, 9.17) is 9.98 Å². The molecule has 1 fully saturated rings. The molecule has 0 unspecified atom stereocenters. The van der Waals surface area contributed by atoms with Crippen LogP contribution in [0.4, 0.5) is 0 Å². The normalized spacial score (nSPS) is 14.7. The Balaban J connectivity index is 1.98. The number of hydrogen-bond donors (Lipinski definition) is 2. The molecular weight excluding hydrogens is 440 g/mol. The lowest BCUT2D eigenvalue weighted by molar-refractivity contribution is 0.560. The third kappa shape index (κ3) is 9.29. The minimum atomic E-state index is 0.318. The van der Waals surface area contributed by atoms with Crippen molar-refractivity contribution in [2.75, 3.05) is 6.54 Å². The number of rotatable bonds is 15. The van der Waals surface area contributed by atoms with Crippen molar-refractivity contribution < 1.29 is 0 Å². The van der Waals surface area contributed by atoms with Crippen molar-refractivity contribution in [3.8, 4) is 0 Å². The van der Waals surface area contributed by atoms with Crippen LogP contribution in [0.5, 0.6) is 0 Å². The standard InChI is InChI=1S/C32H46N4/c1-23(2)20-22-34-32(25(5)26(6)35-24(3)4)36-31(19-17-27-11-8-7-9-12-27)29-13-10-21-33-30(29)18-16-28-14-15-28/h7-13,21,23-24,28,34-35H,6,14-20,22H2,1-5H3/b32-25+,36-31+. The van der Waals surface area contributed by atoms with E-state index < -0.39 is 0 Å². The number of benzene rings is 1. The van der Waals surface area contributed by atoms with Crippen molar-refractivity contribution in [3.63, 3.8) is 0 Å². The van der Waals surface area contributed by atoms with E-state index >= 15 is 0 Å². The molecule has 0 saturated heterocycles. The van der Waals surface area contributed by atoms with Crippen LogP contribution in [0.2, 0.25) is 0 Å². The second kappa shape index (κ2) is 14.0. The monoisotopic (exact) mass is 486 g/mol. The molecule has 0 spiro atoms. The maximum absolute atomic E-state index is 5.33. The molecule has 1 saturated carbocycles. The van der Waals surface area contributed by atoms with Crippen LogP contribution >= 0.6 is 0 Å². The highest BCUT2D eigenvalue weighted by molar-refractivity contribution is 6.02. The summed E-state index contributed by atoms with van der Waals surface area (Å²) in [5, 5.41) is 7.12. The molecule has 1 aliphatic rings. The van der Waals surface area contributed by atoms with E-state index in [-0.39, 0.29) is 0 Å². The van der Waals surface area contributed by atoms with E-state index in [0.29, 0.717) is 12.0 Å². The average Bonchev–Trinajstić information content (AvgIpc) is 3.69. The van der Waals surface area contributed by atoms with Crippen LogP contribution in [0, 0.1) is 11.8 Å². The quantitative estimate of drug-likeness (QED) is 0.206. The first-order chi connectivity index (χ1) is 17.3. The minimum Gasteiger partial charge on any atom is -0.383 e. The van der Waals surface area contributed by atoms with Gasteiger partial charge in [0.25, 0.3) is 0 Å². The van der Waals surface area contributed by atoms with Gasteiger partial charge in [0, 0.05) is 41.3 Å². The summed E-state index contributed by atoms with van der Waals surface area (Å²) in [6.07, 6.45) is 9.80. The third-order valence-electron chi connectivity index (χ3n) is 6.71. The first-order valence-electron chi connectivity index (χ1n) is 13.8. The zero-order chi connectivity index (χ0) is 25.9. The summed E-state index contributed by atoms with van der Waals surface area (Å²) in [4.78, 5) is 10.2. The fraction of sp³-hybridized carbons (Fsp3) is 0.500. The van der Waals surface area contributed by atoms with Gasteiger partial charge in [0.1, 0.15) is 5.82 Å². The third-order valence-corrected chi connectivity index (χ3v) is 6.71. The van der Waals surface area contributed by atoms with Crippen LogP contribution in [0.3, 0.4) is 0 Å². The number of aryl methyl sites for hydroxylation is 2. The van der Waals surface area contributed by atoms with Crippen molar-refractivity contribution in [3.05, 3.63) is 89.2 Å². The topological polar surface area (TPSA) is 49.3 Å². The molecule has 1 aromatic carbocycles. The average molecular weight is 487 g/mol. The van der Waals surface area contributed by atoms with Gasteiger partial charge < -0.3 is 10.6 Å². The van der Waals surface area contributed by atoms with Crippen LogP contribution < -0.4 is 10.6 Å². The number of aromatic nitrogens is 1. The highest BCUT2D eigenvalue weighted by atomic mass is 15.0. The van der Waals surface area contributed by atoms with Crippen LogP contribution in [-0.4, -0.2) is 23.3 Å². The van der Waals surface area contributed by atoms with Gasteiger partial charge in [-0.1, -0.05) is 63.6 Å². The molecule has 0 bridgehead atoms. The van der Waals surface area contributed by atoms with E-state index in [2.05, 4.69) is 94.3 Å². The Morgan fingerprint density at radius 1 is 1.06 bits per heavy atom. The van der Waals surface area contributed by atoms with Crippen LogP contribution in [-0.2, 0) is 12.8 Å². The largest absolute Gasteiger partial charge is 0.383 e. The molecule has 1 heterocycles. The molecule has 0 radical (unpaired) electrons. The first-order valence-corrected chi connectivity index (χ1v) is 13.8.